The van der Waals surface area contributed by atoms with Crippen molar-refractivity contribution in [3.05, 3.63) is 47.3 Å². The van der Waals surface area contributed by atoms with Crippen LogP contribution in [0.5, 0.6) is 0 Å². The molecule has 138 valence electrons. The summed E-state index contributed by atoms with van der Waals surface area (Å²) in [6.07, 6.45) is 4.96. The lowest BCUT2D eigenvalue weighted by molar-refractivity contribution is -0.153. The van der Waals surface area contributed by atoms with Gasteiger partial charge in [-0.25, -0.2) is 4.79 Å². The fourth-order valence-electron chi connectivity index (χ4n) is 3.89. The molecule has 0 amide bonds. The quantitative estimate of drug-likeness (QED) is 0.561. The second kappa shape index (κ2) is 6.38. The predicted octanol–water partition coefficient (Wildman–Crippen LogP) is 3.22. The first-order valence-corrected chi connectivity index (χ1v) is 8.86. The van der Waals surface area contributed by atoms with Crippen molar-refractivity contribution >= 4 is 17.5 Å². The molecular formula is C21H24O5. The van der Waals surface area contributed by atoms with E-state index in [-0.39, 0.29) is 29.8 Å². The van der Waals surface area contributed by atoms with Gasteiger partial charge in [0.05, 0.1) is 0 Å². The molecule has 1 saturated carbocycles. The average molecular weight is 356 g/mol. The van der Waals surface area contributed by atoms with Gasteiger partial charge in [-0.05, 0) is 44.8 Å². The van der Waals surface area contributed by atoms with Crippen LogP contribution in [0.1, 0.15) is 40.5 Å². The van der Waals surface area contributed by atoms with Crippen molar-refractivity contribution < 1.29 is 23.9 Å². The second-order valence-corrected chi connectivity index (χ2v) is 7.52. The summed E-state index contributed by atoms with van der Waals surface area (Å²) in [4.78, 5) is 37.2. The predicted molar refractivity (Wildman–Crippen MR) is 96.0 cm³/mol. The Bertz CT molecular complexity index is 797. The number of rotatable bonds is 2. The van der Waals surface area contributed by atoms with Crippen LogP contribution in [0.25, 0.3) is 0 Å². The maximum absolute atomic E-state index is 12.5. The Morgan fingerprint density at radius 3 is 2.77 bits per heavy atom. The number of carbonyl (C=O) groups is 3. The minimum atomic E-state index is -1.11. The van der Waals surface area contributed by atoms with E-state index in [2.05, 4.69) is 6.58 Å². The van der Waals surface area contributed by atoms with Gasteiger partial charge in [0.2, 0.25) is 5.78 Å². The monoisotopic (exact) mass is 356 g/mol. The number of ketones is 2. The number of hydrogen-bond acceptors (Lipinski definition) is 5. The second-order valence-electron chi connectivity index (χ2n) is 7.52. The zero-order valence-corrected chi connectivity index (χ0v) is 15.6. The summed E-state index contributed by atoms with van der Waals surface area (Å²) in [7, 11) is 0. The summed E-state index contributed by atoms with van der Waals surface area (Å²) in [5.41, 5.74) is 0.639. The Labute approximate surface area is 153 Å². The molecule has 0 aromatic rings. The zero-order chi connectivity index (χ0) is 19.2. The van der Waals surface area contributed by atoms with E-state index in [4.69, 9.17) is 9.47 Å². The molecule has 5 nitrogen and oxygen atoms in total. The van der Waals surface area contributed by atoms with Crippen molar-refractivity contribution in [1.82, 2.24) is 0 Å². The van der Waals surface area contributed by atoms with E-state index in [1.807, 2.05) is 13.0 Å². The molecule has 3 aliphatic rings. The van der Waals surface area contributed by atoms with Crippen LogP contribution >= 0.6 is 0 Å². The van der Waals surface area contributed by atoms with E-state index < -0.39 is 17.7 Å². The fraction of sp³-hybridized carbons (Fsp3) is 0.476. The van der Waals surface area contributed by atoms with Gasteiger partial charge < -0.3 is 9.47 Å². The summed E-state index contributed by atoms with van der Waals surface area (Å²) in [5.74, 6) is -0.575. The molecule has 2 aliphatic heterocycles. The van der Waals surface area contributed by atoms with Crippen molar-refractivity contribution in [3.63, 3.8) is 0 Å². The van der Waals surface area contributed by atoms with Gasteiger partial charge in [-0.3, -0.25) is 9.59 Å². The smallest absolute Gasteiger partial charge is 0.333 e. The molecule has 2 heterocycles. The molecule has 5 heteroatoms. The number of Topliss-reactive ketones (excluding diaryl/α,β-unsaturated/α-hetero) is 1. The third-order valence-electron chi connectivity index (χ3n) is 5.62. The average Bonchev–Trinajstić information content (AvgIpc) is 3.03. The molecule has 0 radical (unpaired) electrons. The maximum Gasteiger partial charge on any atom is 0.333 e. The minimum absolute atomic E-state index is 0.0212. The van der Waals surface area contributed by atoms with E-state index >= 15 is 0 Å². The SMILES string of the molecule is C=C1C(=O)C[C@@H]2/C=C(/C)C3=CC(=O)[C@@](C)(C[C@H](OC(=O)/C(C)=C\C)[C@@H]12)O3. The molecular weight excluding hydrogens is 332 g/mol. The molecule has 3 rings (SSSR count). The van der Waals surface area contributed by atoms with E-state index in [1.165, 1.54) is 6.08 Å². The van der Waals surface area contributed by atoms with Crippen molar-refractivity contribution in [3.8, 4) is 0 Å². The highest BCUT2D eigenvalue weighted by molar-refractivity contribution is 6.01. The number of allylic oxidation sites excluding steroid dienone is 3. The lowest BCUT2D eigenvalue weighted by Crippen LogP contribution is -2.42. The fourth-order valence-corrected chi connectivity index (χ4v) is 3.89. The Kier molecular flexibility index (Phi) is 4.51. The number of ether oxygens (including phenoxy) is 2. The first kappa shape index (κ1) is 18.4. The molecule has 1 fully saturated rings. The van der Waals surface area contributed by atoms with Gasteiger partial charge in [0.15, 0.2) is 11.4 Å². The molecule has 4 atom stereocenters. The van der Waals surface area contributed by atoms with Crippen LogP contribution in [0, 0.1) is 11.8 Å². The number of carbonyl (C=O) groups excluding carboxylic acids is 3. The Morgan fingerprint density at radius 1 is 1.42 bits per heavy atom. The van der Waals surface area contributed by atoms with Gasteiger partial charge >= 0.3 is 5.97 Å². The highest BCUT2D eigenvalue weighted by Gasteiger charge is 2.50. The van der Waals surface area contributed by atoms with E-state index in [9.17, 15) is 14.4 Å². The Hall–Kier alpha value is -2.43. The largest absolute Gasteiger partial charge is 0.479 e. The van der Waals surface area contributed by atoms with Crippen LogP contribution in [-0.2, 0) is 23.9 Å². The number of fused-ring (bicyclic) bond motifs is 3. The summed E-state index contributed by atoms with van der Waals surface area (Å²) in [5, 5.41) is 0. The van der Waals surface area contributed by atoms with Crippen molar-refractivity contribution in [2.45, 2.75) is 52.2 Å². The van der Waals surface area contributed by atoms with Crippen molar-refractivity contribution in [2.75, 3.05) is 0 Å². The summed E-state index contributed by atoms with van der Waals surface area (Å²) >= 11 is 0. The van der Waals surface area contributed by atoms with Crippen LogP contribution in [0.2, 0.25) is 0 Å². The van der Waals surface area contributed by atoms with Gasteiger partial charge in [-0.1, -0.05) is 18.7 Å². The lowest BCUT2D eigenvalue weighted by atomic mass is 9.81. The summed E-state index contributed by atoms with van der Waals surface area (Å²) < 4.78 is 11.7. The first-order valence-electron chi connectivity index (χ1n) is 8.86. The van der Waals surface area contributed by atoms with E-state index in [0.29, 0.717) is 23.3 Å². The van der Waals surface area contributed by atoms with Gasteiger partial charge in [-0.2, -0.15) is 0 Å². The third kappa shape index (κ3) is 2.96. The molecule has 26 heavy (non-hydrogen) atoms. The van der Waals surface area contributed by atoms with Gasteiger partial charge in [-0.15, -0.1) is 0 Å². The van der Waals surface area contributed by atoms with Crippen molar-refractivity contribution in [2.24, 2.45) is 11.8 Å². The van der Waals surface area contributed by atoms with Crippen LogP contribution in [-0.4, -0.2) is 29.2 Å². The minimum Gasteiger partial charge on any atom is -0.479 e. The van der Waals surface area contributed by atoms with Gasteiger partial charge in [0.25, 0.3) is 0 Å². The van der Waals surface area contributed by atoms with Gasteiger partial charge in [0.1, 0.15) is 11.9 Å². The summed E-state index contributed by atoms with van der Waals surface area (Å²) in [6.45, 7) is 10.9. The topological polar surface area (TPSA) is 69.7 Å². The Morgan fingerprint density at radius 2 is 2.12 bits per heavy atom. The molecule has 0 N–H and O–H groups in total. The first-order chi connectivity index (χ1) is 12.2. The number of esters is 1. The molecule has 2 bridgehead atoms. The Balaban J connectivity index is 2.05. The third-order valence-corrected chi connectivity index (χ3v) is 5.62. The van der Waals surface area contributed by atoms with Crippen LogP contribution in [0.15, 0.2) is 47.3 Å². The van der Waals surface area contributed by atoms with Gasteiger partial charge in [0, 0.05) is 30.4 Å². The highest BCUT2D eigenvalue weighted by atomic mass is 16.6. The molecule has 0 aromatic carbocycles. The van der Waals surface area contributed by atoms with Crippen LogP contribution < -0.4 is 0 Å². The number of hydrogen-bond donors (Lipinski definition) is 0. The van der Waals surface area contributed by atoms with E-state index in [1.54, 1.807) is 26.8 Å². The maximum atomic E-state index is 12.5. The zero-order valence-electron chi connectivity index (χ0n) is 15.6. The standard InChI is InChI=1S/C21H24O5/c1-6-11(2)20(24)25-17-10-21(5)18(23)9-16(26-21)12(3)7-14-8-15(22)13(4)19(14)17/h6-7,9,14,17,19H,4,8,10H2,1-3,5H3/b11-6-,12-7-/t14-,17-,19-,21+/m0/s1. The molecule has 0 aromatic heterocycles. The molecule has 0 spiro atoms. The van der Waals surface area contributed by atoms with Crippen molar-refractivity contribution in [1.29, 1.82) is 0 Å². The molecule has 1 aliphatic carbocycles. The van der Waals surface area contributed by atoms with Crippen LogP contribution in [0.4, 0.5) is 0 Å². The summed E-state index contributed by atoms with van der Waals surface area (Å²) in [6, 6.07) is 0. The van der Waals surface area contributed by atoms with E-state index in [0.717, 1.165) is 5.57 Å². The molecule has 0 saturated heterocycles. The lowest BCUT2D eigenvalue weighted by Gasteiger charge is -2.32. The highest BCUT2D eigenvalue weighted by Crippen LogP contribution is 2.45. The normalized spacial score (nSPS) is 36.2. The van der Waals surface area contributed by atoms with Crippen LogP contribution in [0.3, 0.4) is 0 Å². The molecule has 0 unspecified atom stereocenters.